The first kappa shape index (κ1) is 12.6. The summed E-state index contributed by atoms with van der Waals surface area (Å²) in [6.07, 6.45) is 0. The molecule has 0 atom stereocenters. The van der Waals surface area contributed by atoms with Gasteiger partial charge in [0.1, 0.15) is 5.01 Å². The molecule has 4 nitrogen and oxygen atoms in total. The number of carbonyl (C=O) groups excluding carboxylic acids is 1. The fourth-order valence-electron chi connectivity index (χ4n) is 1.57. The van der Waals surface area contributed by atoms with Crippen molar-refractivity contribution in [3.63, 3.8) is 0 Å². The summed E-state index contributed by atoms with van der Waals surface area (Å²) >= 11 is 1.68. The van der Waals surface area contributed by atoms with Gasteiger partial charge in [0.25, 0.3) is 0 Å². The minimum absolute atomic E-state index is 0.417. The molecule has 0 fully saturated rings. The van der Waals surface area contributed by atoms with Crippen LogP contribution in [-0.4, -0.2) is 10.9 Å². The van der Waals surface area contributed by atoms with Gasteiger partial charge in [0.05, 0.1) is 12.2 Å². The highest BCUT2D eigenvalue weighted by molar-refractivity contribution is 7.11. The molecule has 0 bridgehead atoms. The van der Waals surface area contributed by atoms with Crippen LogP contribution in [0.1, 0.15) is 25.9 Å². The Morgan fingerprint density at radius 1 is 1.44 bits per heavy atom. The standard InChI is InChI=1S/C13H15N3OS/c1-8-9(2)18-12(16-8)7-15-11-5-3-4-10(6-11)13(14)17/h3-6,15H,7H2,1-2H3,(H2,14,17). The van der Waals surface area contributed by atoms with Gasteiger partial charge in [-0.1, -0.05) is 6.07 Å². The number of aryl methyl sites for hydroxylation is 2. The molecule has 0 unspecified atom stereocenters. The number of nitrogens with one attached hydrogen (secondary N) is 1. The van der Waals surface area contributed by atoms with E-state index in [1.54, 1.807) is 29.5 Å². The molecule has 0 aliphatic carbocycles. The van der Waals surface area contributed by atoms with Gasteiger partial charge in [-0.05, 0) is 32.0 Å². The highest BCUT2D eigenvalue weighted by Crippen LogP contribution is 2.18. The molecular formula is C13H15N3OS. The third kappa shape index (κ3) is 2.87. The largest absolute Gasteiger partial charge is 0.379 e. The maximum absolute atomic E-state index is 11.1. The maximum atomic E-state index is 11.1. The van der Waals surface area contributed by atoms with Crippen LogP contribution in [0.3, 0.4) is 0 Å². The Balaban J connectivity index is 2.06. The number of anilines is 1. The summed E-state index contributed by atoms with van der Waals surface area (Å²) in [4.78, 5) is 16.7. The molecular weight excluding hydrogens is 246 g/mol. The molecule has 0 aliphatic heterocycles. The topological polar surface area (TPSA) is 68.0 Å². The number of hydrogen-bond acceptors (Lipinski definition) is 4. The van der Waals surface area contributed by atoms with Crippen LogP contribution in [0.5, 0.6) is 0 Å². The molecule has 1 amide bonds. The Bertz CT molecular complexity index is 558. The van der Waals surface area contributed by atoms with Gasteiger partial charge >= 0.3 is 0 Å². The van der Waals surface area contributed by atoms with Crippen molar-refractivity contribution in [2.45, 2.75) is 20.4 Å². The van der Waals surface area contributed by atoms with E-state index in [0.717, 1.165) is 16.4 Å². The molecule has 1 aromatic carbocycles. The van der Waals surface area contributed by atoms with Crippen molar-refractivity contribution in [1.29, 1.82) is 0 Å². The van der Waals surface area contributed by atoms with Gasteiger partial charge < -0.3 is 11.1 Å². The van der Waals surface area contributed by atoms with Crippen LogP contribution in [0, 0.1) is 13.8 Å². The zero-order chi connectivity index (χ0) is 13.1. The molecule has 18 heavy (non-hydrogen) atoms. The van der Waals surface area contributed by atoms with Gasteiger partial charge in [-0.3, -0.25) is 4.79 Å². The smallest absolute Gasteiger partial charge is 0.248 e. The fourth-order valence-corrected chi connectivity index (χ4v) is 2.45. The maximum Gasteiger partial charge on any atom is 0.248 e. The second kappa shape index (κ2) is 5.18. The first-order valence-electron chi connectivity index (χ1n) is 5.63. The van der Waals surface area contributed by atoms with E-state index in [2.05, 4.69) is 17.2 Å². The van der Waals surface area contributed by atoms with Gasteiger partial charge in [0.15, 0.2) is 0 Å². The monoisotopic (exact) mass is 261 g/mol. The lowest BCUT2D eigenvalue weighted by molar-refractivity contribution is 0.100. The van der Waals surface area contributed by atoms with Gasteiger partial charge in [0.2, 0.25) is 5.91 Å². The fraction of sp³-hybridized carbons (Fsp3) is 0.231. The third-order valence-electron chi connectivity index (χ3n) is 2.66. The number of nitrogens with two attached hydrogens (primary N) is 1. The van der Waals surface area contributed by atoms with Crippen molar-refractivity contribution in [2.24, 2.45) is 5.73 Å². The zero-order valence-electron chi connectivity index (χ0n) is 10.4. The Morgan fingerprint density at radius 3 is 2.83 bits per heavy atom. The predicted octanol–water partition coefficient (Wildman–Crippen LogP) is 2.47. The van der Waals surface area contributed by atoms with E-state index in [1.165, 1.54) is 4.88 Å². The van der Waals surface area contributed by atoms with Gasteiger partial charge in [-0.15, -0.1) is 11.3 Å². The lowest BCUT2D eigenvalue weighted by Crippen LogP contribution is -2.11. The van der Waals surface area contributed by atoms with E-state index in [1.807, 2.05) is 13.0 Å². The summed E-state index contributed by atoms with van der Waals surface area (Å²) in [5.41, 5.74) is 7.69. The first-order chi connectivity index (χ1) is 8.56. The minimum atomic E-state index is -0.417. The molecule has 94 valence electrons. The van der Waals surface area contributed by atoms with Crippen molar-refractivity contribution in [3.8, 4) is 0 Å². The second-order valence-electron chi connectivity index (χ2n) is 4.05. The number of benzene rings is 1. The van der Waals surface area contributed by atoms with E-state index in [4.69, 9.17) is 5.73 Å². The van der Waals surface area contributed by atoms with Crippen molar-refractivity contribution in [3.05, 3.63) is 45.4 Å². The Hall–Kier alpha value is -1.88. The number of nitrogens with zero attached hydrogens (tertiary/aromatic N) is 1. The lowest BCUT2D eigenvalue weighted by atomic mass is 10.2. The summed E-state index contributed by atoms with van der Waals surface area (Å²) in [7, 11) is 0. The van der Waals surface area contributed by atoms with Crippen molar-refractivity contribution >= 4 is 22.9 Å². The van der Waals surface area contributed by atoms with Gasteiger partial charge in [-0.25, -0.2) is 4.98 Å². The number of primary amides is 1. The van der Waals surface area contributed by atoms with Crippen molar-refractivity contribution in [2.75, 3.05) is 5.32 Å². The highest BCUT2D eigenvalue weighted by Gasteiger charge is 2.04. The Labute approximate surface area is 110 Å². The quantitative estimate of drug-likeness (QED) is 0.888. The second-order valence-corrected chi connectivity index (χ2v) is 5.34. The highest BCUT2D eigenvalue weighted by atomic mass is 32.1. The number of carbonyl (C=O) groups is 1. The van der Waals surface area contributed by atoms with Crippen LogP contribution in [0.2, 0.25) is 0 Å². The average Bonchev–Trinajstić information content (AvgIpc) is 2.67. The molecule has 0 radical (unpaired) electrons. The van der Waals surface area contributed by atoms with E-state index in [-0.39, 0.29) is 0 Å². The molecule has 0 saturated carbocycles. The number of hydrogen-bond donors (Lipinski definition) is 2. The van der Waals surface area contributed by atoms with Crippen LogP contribution in [-0.2, 0) is 6.54 Å². The summed E-state index contributed by atoms with van der Waals surface area (Å²) in [6, 6.07) is 7.15. The Kier molecular flexibility index (Phi) is 3.62. The first-order valence-corrected chi connectivity index (χ1v) is 6.44. The van der Waals surface area contributed by atoms with Gasteiger partial charge in [0, 0.05) is 16.1 Å². The molecule has 5 heteroatoms. The van der Waals surface area contributed by atoms with Crippen LogP contribution in [0.15, 0.2) is 24.3 Å². The van der Waals surface area contributed by atoms with E-state index < -0.39 is 5.91 Å². The molecule has 1 aromatic heterocycles. The van der Waals surface area contributed by atoms with Crippen LogP contribution < -0.4 is 11.1 Å². The normalized spacial score (nSPS) is 10.3. The molecule has 2 aromatic rings. The number of thiazole rings is 1. The molecule has 0 spiro atoms. The molecule has 0 aliphatic rings. The number of amides is 1. The summed E-state index contributed by atoms with van der Waals surface area (Å²) in [5, 5.41) is 4.27. The third-order valence-corrected chi connectivity index (χ3v) is 3.74. The average molecular weight is 261 g/mol. The Morgan fingerprint density at radius 2 is 2.22 bits per heavy atom. The zero-order valence-corrected chi connectivity index (χ0v) is 11.2. The number of rotatable bonds is 4. The molecule has 2 rings (SSSR count). The summed E-state index contributed by atoms with van der Waals surface area (Å²) in [5.74, 6) is -0.417. The van der Waals surface area contributed by atoms with E-state index in [0.29, 0.717) is 12.1 Å². The lowest BCUT2D eigenvalue weighted by Gasteiger charge is -2.05. The SMILES string of the molecule is Cc1nc(CNc2cccc(C(N)=O)c2)sc1C. The summed E-state index contributed by atoms with van der Waals surface area (Å²) in [6.45, 7) is 4.72. The molecule has 0 saturated heterocycles. The summed E-state index contributed by atoms with van der Waals surface area (Å²) < 4.78 is 0. The minimum Gasteiger partial charge on any atom is -0.379 e. The number of aromatic nitrogens is 1. The van der Waals surface area contributed by atoms with E-state index in [9.17, 15) is 4.79 Å². The van der Waals surface area contributed by atoms with E-state index >= 15 is 0 Å². The predicted molar refractivity (Wildman–Crippen MR) is 73.9 cm³/mol. The van der Waals surface area contributed by atoms with Crippen LogP contribution in [0.25, 0.3) is 0 Å². The molecule has 1 heterocycles. The van der Waals surface area contributed by atoms with Crippen LogP contribution in [0.4, 0.5) is 5.69 Å². The van der Waals surface area contributed by atoms with Crippen molar-refractivity contribution < 1.29 is 4.79 Å². The van der Waals surface area contributed by atoms with Crippen LogP contribution >= 0.6 is 11.3 Å². The molecule has 3 N–H and O–H groups in total. The van der Waals surface area contributed by atoms with Gasteiger partial charge in [-0.2, -0.15) is 0 Å². The van der Waals surface area contributed by atoms with Crippen molar-refractivity contribution in [1.82, 2.24) is 4.98 Å².